The highest BCUT2D eigenvalue weighted by atomic mass is 32.2. The molecule has 4 aromatic carbocycles. The van der Waals surface area contributed by atoms with Gasteiger partial charge in [0.15, 0.2) is 0 Å². The lowest BCUT2D eigenvalue weighted by atomic mass is 10.0. The molecule has 4 rings (SSSR count). The molecular formula is C37H43N3O4S. The number of nitrogens with zero attached hydrogens (tertiary/aromatic N) is 2. The van der Waals surface area contributed by atoms with Crippen LogP contribution in [0.3, 0.4) is 0 Å². The molecule has 8 heteroatoms. The van der Waals surface area contributed by atoms with E-state index in [-0.39, 0.29) is 29.8 Å². The molecule has 236 valence electrons. The highest BCUT2D eigenvalue weighted by Crippen LogP contribution is 2.27. The topological polar surface area (TPSA) is 86.8 Å². The lowest BCUT2D eigenvalue weighted by molar-refractivity contribution is -0.140. The second-order valence-corrected chi connectivity index (χ2v) is 13.5. The lowest BCUT2D eigenvalue weighted by Gasteiger charge is -2.34. The van der Waals surface area contributed by atoms with Gasteiger partial charge in [0.25, 0.3) is 10.0 Å². The van der Waals surface area contributed by atoms with Gasteiger partial charge < -0.3 is 10.2 Å². The Labute approximate surface area is 268 Å². The molecule has 4 aromatic rings. The second kappa shape index (κ2) is 15.0. The molecule has 0 aliphatic carbocycles. The summed E-state index contributed by atoms with van der Waals surface area (Å²) in [5.41, 5.74) is 4.95. The van der Waals surface area contributed by atoms with Gasteiger partial charge in [0.05, 0.1) is 10.6 Å². The van der Waals surface area contributed by atoms with E-state index in [0.717, 1.165) is 38.5 Å². The van der Waals surface area contributed by atoms with Crippen LogP contribution in [0.1, 0.15) is 48.1 Å². The van der Waals surface area contributed by atoms with E-state index in [1.165, 1.54) is 4.90 Å². The fourth-order valence-electron chi connectivity index (χ4n) is 5.02. The molecule has 2 atom stereocenters. The van der Waals surface area contributed by atoms with E-state index < -0.39 is 28.5 Å². The molecule has 0 aromatic heterocycles. The molecule has 0 spiro atoms. The Morgan fingerprint density at radius 1 is 0.778 bits per heavy atom. The largest absolute Gasteiger partial charge is 0.352 e. The van der Waals surface area contributed by atoms with Crippen LogP contribution in [0.4, 0.5) is 5.69 Å². The van der Waals surface area contributed by atoms with Crippen LogP contribution in [0.2, 0.25) is 0 Å². The Morgan fingerprint density at radius 2 is 1.38 bits per heavy atom. The maximum Gasteiger partial charge on any atom is 0.264 e. The molecule has 0 saturated carbocycles. The predicted octanol–water partition coefficient (Wildman–Crippen LogP) is 6.36. The van der Waals surface area contributed by atoms with Crippen LogP contribution < -0.4 is 9.62 Å². The minimum atomic E-state index is -4.14. The van der Waals surface area contributed by atoms with E-state index in [4.69, 9.17) is 0 Å². The molecule has 0 heterocycles. The molecule has 0 fully saturated rings. The minimum absolute atomic E-state index is 0.0871. The van der Waals surface area contributed by atoms with Gasteiger partial charge in [-0.15, -0.1) is 0 Å². The zero-order valence-corrected chi connectivity index (χ0v) is 27.6. The molecule has 45 heavy (non-hydrogen) atoms. The van der Waals surface area contributed by atoms with E-state index in [1.54, 1.807) is 36.4 Å². The van der Waals surface area contributed by atoms with Crippen molar-refractivity contribution in [3.8, 4) is 0 Å². The zero-order valence-electron chi connectivity index (χ0n) is 26.7. The van der Waals surface area contributed by atoms with E-state index >= 15 is 0 Å². The van der Waals surface area contributed by atoms with Crippen molar-refractivity contribution in [2.45, 2.75) is 71.0 Å². The van der Waals surface area contributed by atoms with Gasteiger partial charge in [-0.25, -0.2) is 8.42 Å². The summed E-state index contributed by atoms with van der Waals surface area (Å²) in [6.45, 7) is 9.32. The maximum absolute atomic E-state index is 14.5. The molecule has 0 bridgehead atoms. The van der Waals surface area contributed by atoms with Crippen LogP contribution in [0, 0.1) is 20.8 Å². The molecule has 0 unspecified atom stereocenters. The van der Waals surface area contributed by atoms with Crippen molar-refractivity contribution in [3.05, 3.63) is 131 Å². The Balaban J connectivity index is 1.81. The number of aryl methyl sites for hydroxylation is 3. The number of rotatable bonds is 13. The van der Waals surface area contributed by atoms with Crippen molar-refractivity contribution in [1.29, 1.82) is 0 Å². The summed E-state index contributed by atoms with van der Waals surface area (Å²) in [7, 11) is -4.14. The summed E-state index contributed by atoms with van der Waals surface area (Å²) >= 11 is 0. The summed E-state index contributed by atoms with van der Waals surface area (Å²) in [6.07, 6.45) is 1.00. The van der Waals surface area contributed by atoms with Crippen LogP contribution in [-0.4, -0.2) is 43.8 Å². The van der Waals surface area contributed by atoms with Gasteiger partial charge in [-0.3, -0.25) is 13.9 Å². The average Bonchev–Trinajstić information content (AvgIpc) is 3.03. The molecule has 0 aliphatic rings. The second-order valence-electron chi connectivity index (χ2n) is 11.6. The number of benzene rings is 4. The number of sulfonamides is 1. The van der Waals surface area contributed by atoms with Crippen LogP contribution >= 0.6 is 0 Å². The van der Waals surface area contributed by atoms with E-state index in [0.29, 0.717) is 5.69 Å². The van der Waals surface area contributed by atoms with Crippen LogP contribution in [-0.2, 0) is 32.6 Å². The van der Waals surface area contributed by atoms with Gasteiger partial charge in [0, 0.05) is 19.0 Å². The summed E-state index contributed by atoms with van der Waals surface area (Å²) in [5, 5.41) is 3.07. The summed E-state index contributed by atoms with van der Waals surface area (Å²) in [4.78, 5) is 30.1. The lowest BCUT2D eigenvalue weighted by Crippen LogP contribution is -2.54. The van der Waals surface area contributed by atoms with E-state index in [2.05, 4.69) is 5.32 Å². The molecule has 0 saturated heterocycles. The number of nitrogens with one attached hydrogen (secondary N) is 1. The summed E-state index contributed by atoms with van der Waals surface area (Å²) in [5.74, 6) is -0.760. The monoisotopic (exact) mass is 625 g/mol. The molecular weight excluding hydrogens is 582 g/mol. The predicted molar refractivity (Wildman–Crippen MR) is 180 cm³/mol. The first-order chi connectivity index (χ1) is 21.5. The Kier molecular flexibility index (Phi) is 11.2. The summed E-state index contributed by atoms with van der Waals surface area (Å²) in [6, 6.07) is 30.0. The van der Waals surface area contributed by atoms with Gasteiger partial charge in [-0.05, 0) is 80.6 Å². The van der Waals surface area contributed by atoms with Gasteiger partial charge in [0.2, 0.25) is 11.8 Å². The van der Waals surface area contributed by atoms with Crippen LogP contribution in [0.5, 0.6) is 0 Å². The van der Waals surface area contributed by atoms with Crippen LogP contribution in [0.15, 0.2) is 108 Å². The molecule has 0 radical (unpaired) electrons. The van der Waals surface area contributed by atoms with Gasteiger partial charge >= 0.3 is 0 Å². The third kappa shape index (κ3) is 8.60. The number of hydrogen-bond acceptors (Lipinski definition) is 4. The molecule has 7 nitrogen and oxygen atoms in total. The van der Waals surface area contributed by atoms with Gasteiger partial charge in [0.1, 0.15) is 12.6 Å². The third-order valence-corrected chi connectivity index (χ3v) is 9.92. The molecule has 1 N–H and O–H groups in total. The Hall–Kier alpha value is -4.43. The van der Waals surface area contributed by atoms with Crippen molar-refractivity contribution >= 4 is 27.5 Å². The van der Waals surface area contributed by atoms with E-state index in [1.807, 2.05) is 101 Å². The number of amides is 2. The van der Waals surface area contributed by atoms with Gasteiger partial charge in [-0.2, -0.15) is 0 Å². The molecule has 0 aliphatic heterocycles. The Morgan fingerprint density at radius 3 is 1.96 bits per heavy atom. The van der Waals surface area contributed by atoms with Crippen molar-refractivity contribution in [3.63, 3.8) is 0 Å². The molecule has 2 amide bonds. The van der Waals surface area contributed by atoms with Gasteiger partial charge in [-0.1, -0.05) is 91.3 Å². The first kappa shape index (κ1) is 33.5. The summed E-state index contributed by atoms with van der Waals surface area (Å²) < 4.78 is 29.6. The minimum Gasteiger partial charge on any atom is -0.352 e. The van der Waals surface area contributed by atoms with Crippen molar-refractivity contribution < 1.29 is 18.0 Å². The smallest absolute Gasteiger partial charge is 0.264 e. The first-order valence-electron chi connectivity index (χ1n) is 15.3. The quantitative estimate of drug-likeness (QED) is 0.187. The fraction of sp³-hybridized carbons (Fsp3) is 0.297. The first-order valence-corrected chi connectivity index (χ1v) is 16.8. The highest BCUT2D eigenvalue weighted by molar-refractivity contribution is 7.92. The zero-order chi connectivity index (χ0) is 32.6. The van der Waals surface area contributed by atoms with Crippen molar-refractivity contribution in [1.82, 2.24) is 10.2 Å². The Bertz CT molecular complexity index is 1690. The SMILES string of the molecule is CC[C@H](C)NC(=O)[C@@H](Cc1ccccc1)N(Cc1ccccc1)C(=O)CN(c1ccc(C)c(C)c1)S(=O)(=O)c1ccc(C)cc1. The maximum atomic E-state index is 14.5. The normalized spacial score (nSPS) is 12.6. The number of hydrogen-bond donors (Lipinski definition) is 1. The number of carbonyl (C=O) groups is 2. The van der Waals surface area contributed by atoms with E-state index in [9.17, 15) is 18.0 Å². The fourth-order valence-corrected chi connectivity index (χ4v) is 6.43. The van der Waals surface area contributed by atoms with Crippen molar-refractivity contribution in [2.24, 2.45) is 0 Å². The van der Waals surface area contributed by atoms with Crippen molar-refractivity contribution in [2.75, 3.05) is 10.8 Å². The number of anilines is 1. The number of carbonyl (C=O) groups excluding carboxylic acids is 2. The highest BCUT2D eigenvalue weighted by Gasteiger charge is 2.35. The van der Waals surface area contributed by atoms with Crippen LogP contribution in [0.25, 0.3) is 0 Å². The standard InChI is InChI=1S/C37H43N3O4S/c1-6-30(5)38-37(42)35(24-31-13-9-7-10-14-31)39(25-32-15-11-8-12-16-32)36(41)26-40(33-20-19-28(3)29(4)23-33)45(43,44)34-21-17-27(2)18-22-34/h7-23,30,35H,6,24-26H2,1-5H3,(H,38,42)/t30-,35+/m0/s1. The third-order valence-electron chi connectivity index (χ3n) is 8.13. The average molecular weight is 626 g/mol.